The number of para-hydroxylation sites is 1. The average molecular weight is 548 g/mol. The Morgan fingerprint density at radius 1 is 1.23 bits per heavy atom. The first-order chi connectivity index (χ1) is 19.1. The third-order valence-electron chi connectivity index (χ3n) is 7.88. The van der Waals surface area contributed by atoms with Crippen molar-refractivity contribution >= 4 is 34.3 Å². The molecule has 0 aliphatic carbocycles. The van der Waals surface area contributed by atoms with Gasteiger partial charge in [-0.2, -0.15) is 5.26 Å². The number of carbonyl (C=O) groups is 3. The minimum absolute atomic E-state index is 0.0166. The molecule has 208 valence electrons. The molecule has 2 aliphatic rings. The van der Waals surface area contributed by atoms with Gasteiger partial charge in [0.1, 0.15) is 29.4 Å². The maximum absolute atomic E-state index is 14.4. The van der Waals surface area contributed by atoms with Gasteiger partial charge in [-0.05, 0) is 42.5 Å². The Kier molecular flexibility index (Phi) is 7.08. The summed E-state index contributed by atoms with van der Waals surface area (Å²) in [5.74, 6) is -2.74. The van der Waals surface area contributed by atoms with E-state index in [0.29, 0.717) is 18.5 Å². The van der Waals surface area contributed by atoms with E-state index in [1.807, 2.05) is 39.0 Å². The number of H-pyrrole nitrogens is 1. The van der Waals surface area contributed by atoms with Crippen molar-refractivity contribution in [2.45, 2.75) is 57.5 Å². The highest BCUT2D eigenvalue weighted by molar-refractivity contribution is 6.07. The number of likely N-dealkylation sites (tertiary alicyclic amines) is 1. The zero-order valence-corrected chi connectivity index (χ0v) is 22.6. The average Bonchev–Trinajstić information content (AvgIpc) is 3.60. The number of carbonyl (C=O) groups excluding carboxylic acids is 3. The van der Waals surface area contributed by atoms with Gasteiger partial charge in [-0.1, -0.05) is 39.0 Å². The van der Waals surface area contributed by atoms with Crippen molar-refractivity contribution in [2.75, 3.05) is 18.4 Å². The maximum Gasteiger partial charge on any atom is 0.270 e. The SMILES string of the molecule is CCCN(C(=O)c1cc2c(F)cc(F)cc2[nH]1)[C@@H](CC(C)C)C(=O)N1C[C@]2(CC1C#N)C(=O)Nc1ccccc12. The smallest absolute Gasteiger partial charge is 0.270 e. The van der Waals surface area contributed by atoms with E-state index < -0.39 is 40.9 Å². The fourth-order valence-electron chi connectivity index (χ4n) is 6.06. The van der Waals surface area contributed by atoms with E-state index in [2.05, 4.69) is 16.4 Å². The third kappa shape index (κ3) is 4.49. The minimum Gasteiger partial charge on any atom is -0.350 e. The fraction of sp³-hybridized carbons (Fsp3) is 0.400. The lowest BCUT2D eigenvalue weighted by atomic mass is 9.80. The second-order valence-corrected chi connectivity index (χ2v) is 11.1. The standard InChI is InChI=1S/C30H31F2N5O3/c1-4-9-36(27(38)25-13-20-22(32)11-18(31)12-24(20)34-25)26(10-17(2)3)28(39)37-16-30(14-19(37)15-33)21-7-5-6-8-23(21)35-29(30)40/h5-8,11-13,17,19,26,34H,4,9-10,14,16H2,1-3H3,(H,35,40)/t19?,26-,30-/m0/s1. The lowest BCUT2D eigenvalue weighted by Gasteiger charge is -2.35. The number of halogens is 2. The number of anilines is 1. The molecule has 3 heterocycles. The molecular formula is C30H31F2N5O3. The number of nitrogens with zero attached hydrogens (tertiary/aromatic N) is 3. The Balaban J connectivity index is 1.51. The molecule has 40 heavy (non-hydrogen) atoms. The van der Waals surface area contributed by atoms with Gasteiger partial charge in [0.05, 0.1) is 17.0 Å². The Labute approximate surface area is 230 Å². The first kappa shape index (κ1) is 27.3. The minimum atomic E-state index is -1.05. The van der Waals surface area contributed by atoms with Gasteiger partial charge in [0, 0.05) is 36.7 Å². The van der Waals surface area contributed by atoms with Gasteiger partial charge in [0.15, 0.2) is 0 Å². The van der Waals surface area contributed by atoms with Gasteiger partial charge in [-0.15, -0.1) is 0 Å². The molecule has 0 saturated carbocycles. The summed E-state index contributed by atoms with van der Waals surface area (Å²) < 4.78 is 28.2. The van der Waals surface area contributed by atoms with E-state index in [-0.39, 0.29) is 47.9 Å². The predicted molar refractivity (Wildman–Crippen MR) is 145 cm³/mol. The van der Waals surface area contributed by atoms with Crippen molar-refractivity contribution in [3.8, 4) is 6.07 Å². The summed E-state index contributed by atoms with van der Waals surface area (Å²) in [7, 11) is 0. The van der Waals surface area contributed by atoms with Crippen LogP contribution in [0.2, 0.25) is 0 Å². The summed E-state index contributed by atoms with van der Waals surface area (Å²) >= 11 is 0. The first-order valence-corrected chi connectivity index (χ1v) is 13.5. The van der Waals surface area contributed by atoms with Gasteiger partial charge in [-0.25, -0.2) is 8.78 Å². The topological polar surface area (TPSA) is 109 Å². The van der Waals surface area contributed by atoms with E-state index in [0.717, 1.165) is 17.7 Å². The summed E-state index contributed by atoms with van der Waals surface area (Å²) in [6, 6.07) is 10.9. The van der Waals surface area contributed by atoms with Gasteiger partial charge >= 0.3 is 0 Å². The molecule has 3 amide bonds. The number of hydrogen-bond donors (Lipinski definition) is 2. The van der Waals surface area contributed by atoms with Gasteiger partial charge in [0.25, 0.3) is 5.91 Å². The normalized spacial score (nSPS) is 20.6. The fourth-order valence-corrected chi connectivity index (χ4v) is 6.06. The zero-order chi connectivity index (χ0) is 28.8. The number of amides is 3. The first-order valence-electron chi connectivity index (χ1n) is 13.5. The van der Waals surface area contributed by atoms with Gasteiger partial charge < -0.3 is 20.1 Å². The van der Waals surface area contributed by atoms with Crippen LogP contribution in [0.5, 0.6) is 0 Å². The van der Waals surface area contributed by atoms with Crippen LogP contribution in [-0.4, -0.2) is 57.7 Å². The number of hydrogen-bond acceptors (Lipinski definition) is 4. The van der Waals surface area contributed by atoms with Crippen molar-refractivity contribution in [3.05, 3.63) is 65.4 Å². The van der Waals surface area contributed by atoms with Crippen molar-refractivity contribution in [3.63, 3.8) is 0 Å². The highest BCUT2D eigenvalue weighted by atomic mass is 19.1. The predicted octanol–water partition coefficient (Wildman–Crippen LogP) is 4.73. The third-order valence-corrected chi connectivity index (χ3v) is 7.88. The molecule has 0 bridgehead atoms. The van der Waals surface area contributed by atoms with Crippen LogP contribution in [0.25, 0.3) is 10.9 Å². The van der Waals surface area contributed by atoms with Crippen molar-refractivity contribution in [1.82, 2.24) is 14.8 Å². The molecule has 2 aliphatic heterocycles. The van der Waals surface area contributed by atoms with Crippen LogP contribution in [0, 0.1) is 28.9 Å². The van der Waals surface area contributed by atoms with Gasteiger partial charge in [-0.3, -0.25) is 14.4 Å². The number of aromatic amines is 1. The summed E-state index contributed by atoms with van der Waals surface area (Å²) in [4.78, 5) is 47.0. The molecule has 1 spiro atoms. The Hall–Kier alpha value is -4.26. The molecule has 8 nitrogen and oxygen atoms in total. The van der Waals surface area contributed by atoms with Crippen LogP contribution >= 0.6 is 0 Å². The maximum atomic E-state index is 14.4. The highest BCUT2D eigenvalue weighted by Crippen LogP contribution is 2.46. The van der Waals surface area contributed by atoms with Crippen LogP contribution in [0.1, 0.15) is 56.1 Å². The number of fused-ring (bicyclic) bond motifs is 3. The molecule has 10 heteroatoms. The Morgan fingerprint density at radius 3 is 2.67 bits per heavy atom. The van der Waals surface area contributed by atoms with Crippen molar-refractivity contribution in [2.24, 2.45) is 5.92 Å². The van der Waals surface area contributed by atoms with Crippen molar-refractivity contribution < 1.29 is 23.2 Å². The molecule has 2 aromatic carbocycles. The number of benzene rings is 2. The monoisotopic (exact) mass is 547 g/mol. The largest absolute Gasteiger partial charge is 0.350 e. The number of nitrogens with one attached hydrogen (secondary N) is 2. The Morgan fingerprint density at radius 2 is 1.98 bits per heavy atom. The lowest BCUT2D eigenvalue weighted by molar-refractivity contribution is -0.137. The van der Waals surface area contributed by atoms with E-state index in [9.17, 15) is 28.4 Å². The zero-order valence-electron chi connectivity index (χ0n) is 22.6. The number of nitriles is 1. The summed E-state index contributed by atoms with van der Waals surface area (Å²) in [5.41, 5.74) is 0.550. The lowest BCUT2D eigenvalue weighted by Crippen LogP contribution is -2.53. The van der Waals surface area contributed by atoms with E-state index in [1.165, 1.54) is 15.9 Å². The quantitative estimate of drug-likeness (QED) is 0.446. The number of aromatic nitrogens is 1. The summed E-state index contributed by atoms with van der Waals surface area (Å²) in [6.45, 7) is 5.99. The molecule has 1 aromatic heterocycles. The molecule has 1 saturated heterocycles. The Bertz CT molecular complexity index is 1540. The second kappa shape index (κ2) is 10.4. The molecule has 1 unspecified atom stereocenters. The van der Waals surface area contributed by atoms with Crippen LogP contribution in [0.4, 0.5) is 14.5 Å². The molecule has 3 atom stereocenters. The summed E-state index contributed by atoms with van der Waals surface area (Å²) in [5, 5.41) is 13.0. The van der Waals surface area contributed by atoms with Crippen LogP contribution in [0.15, 0.2) is 42.5 Å². The molecule has 0 radical (unpaired) electrons. The van der Waals surface area contributed by atoms with Crippen LogP contribution in [-0.2, 0) is 15.0 Å². The molecule has 2 N–H and O–H groups in total. The number of rotatable bonds is 7. The van der Waals surface area contributed by atoms with E-state index in [4.69, 9.17) is 0 Å². The van der Waals surface area contributed by atoms with Gasteiger partial charge in [0.2, 0.25) is 11.8 Å². The van der Waals surface area contributed by atoms with E-state index >= 15 is 0 Å². The molecule has 5 rings (SSSR count). The molecule has 3 aromatic rings. The summed E-state index contributed by atoms with van der Waals surface area (Å²) in [6.07, 6.45) is 1.01. The van der Waals surface area contributed by atoms with Crippen LogP contribution in [0.3, 0.4) is 0 Å². The highest BCUT2D eigenvalue weighted by Gasteiger charge is 2.56. The van der Waals surface area contributed by atoms with E-state index in [1.54, 1.807) is 6.07 Å². The second-order valence-electron chi connectivity index (χ2n) is 11.1. The van der Waals surface area contributed by atoms with Crippen LogP contribution < -0.4 is 5.32 Å². The molecule has 1 fully saturated rings. The van der Waals surface area contributed by atoms with Crippen molar-refractivity contribution in [1.29, 1.82) is 5.26 Å². The molecular weight excluding hydrogens is 516 g/mol.